The van der Waals surface area contributed by atoms with E-state index in [0.29, 0.717) is 6.67 Å². The van der Waals surface area contributed by atoms with Gasteiger partial charge in [0.05, 0.1) is 19.5 Å². The fourth-order valence-corrected chi connectivity index (χ4v) is 1.29. The molecule has 0 saturated carbocycles. The Morgan fingerprint density at radius 1 is 1.33 bits per heavy atom. The van der Waals surface area contributed by atoms with Gasteiger partial charge in [-0.2, -0.15) is 0 Å². The summed E-state index contributed by atoms with van der Waals surface area (Å²) in [4.78, 5) is 1.57. The van der Waals surface area contributed by atoms with Crippen molar-refractivity contribution in [3.8, 4) is 5.75 Å². The summed E-state index contributed by atoms with van der Waals surface area (Å²) >= 11 is 0. The average molecular weight is 216 g/mol. The van der Waals surface area contributed by atoms with Crippen molar-refractivity contribution in [2.45, 2.75) is 0 Å². The molecule has 0 radical (unpaired) electrons. The van der Waals surface area contributed by atoms with Gasteiger partial charge in [0.2, 0.25) is 0 Å². The molecular formula is C10H14F2N2O. The Morgan fingerprint density at radius 2 is 2.00 bits per heavy atom. The van der Waals surface area contributed by atoms with E-state index >= 15 is 0 Å². The summed E-state index contributed by atoms with van der Waals surface area (Å²) in [7, 11) is 4.70. The molecule has 5 heteroatoms. The molecular weight excluding hydrogens is 202 g/mol. The van der Waals surface area contributed by atoms with Crippen molar-refractivity contribution in [1.29, 1.82) is 0 Å². The monoisotopic (exact) mass is 216 g/mol. The lowest BCUT2D eigenvalue weighted by atomic mass is 10.2. The zero-order valence-corrected chi connectivity index (χ0v) is 8.97. The van der Waals surface area contributed by atoms with Crippen molar-refractivity contribution in [2.24, 2.45) is 0 Å². The zero-order chi connectivity index (χ0) is 11.4. The van der Waals surface area contributed by atoms with E-state index in [1.165, 1.54) is 7.11 Å². The number of benzene rings is 1. The predicted molar refractivity (Wildman–Crippen MR) is 55.2 cm³/mol. The van der Waals surface area contributed by atoms with Gasteiger partial charge in [-0.3, -0.25) is 0 Å². The van der Waals surface area contributed by atoms with Gasteiger partial charge in [-0.05, 0) is 7.05 Å². The van der Waals surface area contributed by atoms with Crippen LogP contribution < -0.4 is 15.0 Å². The highest BCUT2D eigenvalue weighted by Gasteiger charge is 2.12. The first-order valence-electron chi connectivity index (χ1n) is 4.49. The quantitative estimate of drug-likeness (QED) is 0.773. The molecule has 0 bridgehead atoms. The number of hydrogen-bond donors (Lipinski definition) is 1. The minimum atomic E-state index is -0.572. The lowest BCUT2D eigenvalue weighted by Gasteiger charge is -2.19. The first-order valence-corrected chi connectivity index (χ1v) is 4.49. The van der Waals surface area contributed by atoms with Crippen LogP contribution in [0.2, 0.25) is 0 Å². The van der Waals surface area contributed by atoms with E-state index in [4.69, 9.17) is 0 Å². The molecule has 0 aliphatic carbocycles. The Labute approximate surface area is 87.6 Å². The molecule has 0 aromatic heterocycles. The third-order valence-electron chi connectivity index (χ3n) is 2.03. The van der Waals surface area contributed by atoms with E-state index in [-0.39, 0.29) is 11.4 Å². The van der Waals surface area contributed by atoms with E-state index in [0.717, 1.165) is 12.1 Å². The molecule has 0 heterocycles. The third-order valence-corrected chi connectivity index (χ3v) is 2.03. The van der Waals surface area contributed by atoms with Gasteiger partial charge < -0.3 is 15.0 Å². The molecule has 15 heavy (non-hydrogen) atoms. The number of halogens is 2. The molecule has 0 saturated heterocycles. The molecule has 84 valence electrons. The summed E-state index contributed by atoms with van der Waals surface area (Å²) in [5, 5.41) is 2.85. The van der Waals surface area contributed by atoms with Crippen LogP contribution in [0.3, 0.4) is 0 Å². The number of ether oxygens (including phenoxy) is 1. The maximum atomic E-state index is 13.5. The summed E-state index contributed by atoms with van der Waals surface area (Å²) < 4.78 is 31.4. The lowest BCUT2D eigenvalue weighted by molar-refractivity contribution is 0.383. The fourth-order valence-electron chi connectivity index (χ4n) is 1.29. The molecule has 1 aromatic carbocycles. The van der Waals surface area contributed by atoms with Gasteiger partial charge in [-0.1, -0.05) is 0 Å². The van der Waals surface area contributed by atoms with Crippen molar-refractivity contribution < 1.29 is 13.5 Å². The number of anilines is 1. The number of hydrogen-bond acceptors (Lipinski definition) is 3. The topological polar surface area (TPSA) is 24.5 Å². The first kappa shape index (κ1) is 11.7. The molecule has 3 nitrogen and oxygen atoms in total. The maximum absolute atomic E-state index is 13.5. The summed E-state index contributed by atoms with van der Waals surface area (Å²) in [5.41, 5.74) is 0.197. The van der Waals surface area contributed by atoms with Crippen molar-refractivity contribution in [3.05, 3.63) is 23.8 Å². The van der Waals surface area contributed by atoms with E-state index < -0.39 is 11.6 Å². The normalized spacial score (nSPS) is 10.2. The van der Waals surface area contributed by atoms with Crippen molar-refractivity contribution in [2.75, 3.05) is 32.8 Å². The Morgan fingerprint density at radius 3 is 2.53 bits per heavy atom. The third kappa shape index (κ3) is 2.56. The highest BCUT2D eigenvalue weighted by Crippen LogP contribution is 2.26. The summed E-state index contributed by atoms with van der Waals surface area (Å²) in [6.07, 6.45) is 0. The Bertz CT molecular complexity index is 344. The molecule has 1 rings (SSSR count). The summed E-state index contributed by atoms with van der Waals surface area (Å²) in [5.74, 6) is -1.17. The first-order chi connectivity index (χ1) is 7.10. The van der Waals surface area contributed by atoms with Gasteiger partial charge in [0, 0.05) is 19.2 Å². The van der Waals surface area contributed by atoms with E-state index in [1.54, 1.807) is 19.0 Å². The van der Waals surface area contributed by atoms with Crippen LogP contribution in [-0.4, -0.2) is 27.9 Å². The van der Waals surface area contributed by atoms with Crippen LogP contribution in [0.4, 0.5) is 14.5 Å². The van der Waals surface area contributed by atoms with Gasteiger partial charge in [0.25, 0.3) is 0 Å². The predicted octanol–water partition coefficient (Wildman–Crippen LogP) is 1.59. The fraction of sp³-hybridized carbons (Fsp3) is 0.400. The van der Waals surface area contributed by atoms with Crippen LogP contribution in [0.5, 0.6) is 5.75 Å². The zero-order valence-electron chi connectivity index (χ0n) is 8.97. The summed E-state index contributed by atoms with van der Waals surface area (Å²) in [6.45, 7) is 0.433. The number of rotatable bonds is 4. The molecule has 0 atom stereocenters. The second kappa shape index (κ2) is 4.93. The smallest absolute Gasteiger partial charge is 0.167 e. The van der Waals surface area contributed by atoms with Crippen molar-refractivity contribution in [3.63, 3.8) is 0 Å². The largest absolute Gasteiger partial charge is 0.494 e. The summed E-state index contributed by atoms with van der Waals surface area (Å²) in [6, 6.07) is 2.16. The molecule has 0 aliphatic heterocycles. The van der Waals surface area contributed by atoms with Crippen LogP contribution in [0, 0.1) is 11.6 Å². The molecule has 0 spiro atoms. The molecule has 1 N–H and O–H groups in total. The highest BCUT2D eigenvalue weighted by molar-refractivity contribution is 5.50. The second-order valence-electron chi connectivity index (χ2n) is 3.15. The highest BCUT2D eigenvalue weighted by atomic mass is 19.1. The van der Waals surface area contributed by atoms with Crippen LogP contribution in [0.25, 0.3) is 0 Å². The van der Waals surface area contributed by atoms with Crippen molar-refractivity contribution >= 4 is 5.69 Å². The maximum Gasteiger partial charge on any atom is 0.167 e. The lowest BCUT2D eigenvalue weighted by Crippen LogP contribution is -2.29. The average Bonchev–Trinajstić information content (AvgIpc) is 2.21. The van der Waals surface area contributed by atoms with E-state index in [2.05, 4.69) is 10.1 Å². The molecule has 0 amide bonds. The van der Waals surface area contributed by atoms with Gasteiger partial charge in [0.15, 0.2) is 11.6 Å². The molecule has 0 fully saturated rings. The van der Waals surface area contributed by atoms with Crippen LogP contribution >= 0.6 is 0 Å². The van der Waals surface area contributed by atoms with Crippen molar-refractivity contribution in [1.82, 2.24) is 5.32 Å². The molecule has 0 aliphatic rings. The van der Waals surface area contributed by atoms with Crippen LogP contribution in [0.1, 0.15) is 0 Å². The minimum Gasteiger partial charge on any atom is -0.494 e. The number of nitrogens with zero attached hydrogens (tertiary/aromatic N) is 1. The van der Waals surface area contributed by atoms with E-state index in [9.17, 15) is 8.78 Å². The minimum absolute atomic E-state index is 0.0888. The van der Waals surface area contributed by atoms with Gasteiger partial charge in [-0.25, -0.2) is 8.78 Å². The van der Waals surface area contributed by atoms with E-state index in [1.807, 2.05) is 0 Å². The number of methoxy groups -OCH3 is 1. The number of nitrogens with one attached hydrogen (secondary N) is 1. The SMILES string of the molecule is CNCN(C)c1cc(F)c(OC)cc1F. The Kier molecular flexibility index (Phi) is 3.85. The van der Waals surface area contributed by atoms with Crippen LogP contribution in [0.15, 0.2) is 12.1 Å². The molecule has 0 unspecified atom stereocenters. The Balaban J connectivity index is 3.04. The standard InChI is InChI=1S/C10H14F2N2O/c1-13-6-14(2)9-4-8(12)10(15-3)5-7(9)11/h4-5,13H,6H2,1-3H3. The van der Waals surface area contributed by atoms with Crippen LogP contribution in [-0.2, 0) is 0 Å². The van der Waals surface area contributed by atoms with Gasteiger partial charge >= 0.3 is 0 Å². The van der Waals surface area contributed by atoms with Gasteiger partial charge in [-0.15, -0.1) is 0 Å². The Hall–Kier alpha value is -1.36. The van der Waals surface area contributed by atoms with Gasteiger partial charge in [0.1, 0.15) is 5.82 Å². The second-order valence-corrected chi connectivity index (χ2v) is 3.15. The molecule has 1 aromatic rings.